The van der Waals surface area contributed by atoms with Crippen LogP contribution in [-0.4, -0.2) is 29.1 Å². The molecule has 6 nitrogen and oxygen atoms in total. The lowest BCUT2D eigenvalue weighted by atomic mass is 9.96. The Labute approximate surface area is 233 Å². The summed E-state index contributed by atoms with van der Waals surface area (Å²) in [5.41, 5.74) is 11.4. The quantitative estimate of drug-likeness (QED) is 0.236. The maximum absolute atomic E-state index is 5.11. The Morgan fingerprint density at radius 3 is 1.93 bits per heavy atom. The molecule has 0 amide bonds. The minimum absolute atomic E-state index is 0.366. The molecule has 1 unspecified atom stereocenters. The van der Waals surface area contributed by atoms with Gasteiger partial charge in [0.05, 0.1) is 5.69 Å². The lowest BCUT2D eigenvalue weighted by molar-refractivity contribution is 0.718. The highest BCUT2D eigenvalue weighted by Crippen LogP contribution is 2.38. The fourth-order valence-corrected chi connectivity index (χ4v) is 5.80. The largest absolute Gasteiger partial charge is 0.280 e. The molecule has 0 radical (unpaired) electrons. The summed E-state index contributed by atoms with van der Waals surface area (Å²) in [6, 6.07) is 20.9. The van der Waals surface area contributed by atoms with E-state index in [-0.39, 0.29) is 0 Å². The maximum Gasteiger partial charge on any atom is 0.164 e. The van der Waals surface area contributed by atoms with Gasteiger partial charge in [-0.25, -0.2) is 19.9 Å². The molecule has 0 fully saturated rings. The molecule has 1 aliphatic carbocycles. The van der Waals surface area contributed by atoms with E-state index in [1.54, 1.807) is 0 Å². The van der Waals surface area contributed by atoms with Crippen LogP contribution in [0.25, 0.3) is 56.5 Å². The molecule has 0 spiro atoms. The summed E-state index contributed by atoms with van der Waals surface area (Å²) < 4.78 is 4.43. The zero-order chi connectivity index (χ0) is 27.4. The average molecular weight is 523 g/mol. The molecule has 6 aromatic rings. The lowest BCUT2D eigenvalue weighted by Gasteiger charge is -2.21. The Hall–Kier alpha value is -4.84. The molecule has 40 heavy (non-hydrogen) atoms. The summed E-state index contributed by atoms with van der Waals surface area (Å²) in [5, 5.41) is 0. The van der Waals surface area contributed by atoms with Gasteiger partial charge in [-0.1, -0.05) is 37.3 Å². The molecule has 0 saturated heterocycles. The number of nitrogens with zero attached hydrogens (tertiary/aromatic N) is 6. The summed E-state index contributed by atoms with van der Waals surface area (Å²) in [5.74, 6) is 2.17. The van der Waals surface area contributed by atoms with Crippen molar-refractivity contribution in [3.8, 4) is 28.5 Å². The number of fused-ring (bicyclic) bond motifs is 2. The van der Waals surface area contributed by atoms with Crippen molar-refractivity contribution in [2.45, 2.75) is 34.1 Å². The molecule has 4 aromatic heterocycles. The first-order chi connectivity index (χ1) is 19.5. The van der Waals surface area contributed by atoms with Crippen molar-refractivity contribution in [2.75, 3.05) is 0 Å². The third kappa shape index (κ3) is 3.79. The lowest BCUT2D eigenvalue weighted by Crippen LogP contribution is -2.10. The van der Waals surface area contributed by atoms with Crippen LogP contribution in [0.2, 0.25) is 0 Å². The SMILES string of the molecule is Cc1cc(-c2nc3cccnc3n2-c2ccccc2C)c(C)cc1-c1nc2cccnc2n1C1=CC=CCC1C. The van der Waals surface area contributed by atoms with Crippen molar-refractivity contribution in [2.24, 2.45) is 5.92 Å². The van der Waals surface area contributed by atoms with Gasteiger partial charge in [-0.3, -0.25) is 9.13 Å². The fraction of sp³-hybridized carbons (Fsp3) is 0.176. The smallest absolute Gasteiger partial charge is 0.164 e. The molecule has 1 atom stereocenters. The summed E-state index contributed by atoms with van der Waals surface area (Å²) in [7, 11) is 0. The van der Waals surface area contributed by atoms with Gasteiger partial charge in [-0.05, 0) is 92.4 Å². The second-order valence-electron chi connectivity index (χ2n) is 10.7. The van der Waals surface area contributed by atoms with Crippen LogP contribution in [0.3, 0.4) is 0 Å². The zero-order valence-corrected chi connectivity index (χ0v) is 23.1. The predicted molar refractivity (Wildman–Crippen MR) is 162 cm³/mol. The van der Waals surface area contributed by atoms with Crippen LogP contribution in [0.15, 0.2) is 91.3 Å². The molecule has 196 valence electrons. The van der Waals surface area contributed by atoms with Crippen LogP contribution >= 0.6 is 0 Å². The van der Waals surface area contributed by atoms with E-state index >= 15 is 0 Å². The van der Waals surface area contributed by atoms with E-state index < -0.39 is 0 Å². The number of para-hydroxylation sites is 1. The van der Waals surface area contributed by atoms with E-state index in [2.05, 4.69) is 91.5 Å². The molecule has 1 aliphatic rings. The third-order valence-electron chi connectivity index (χ3n) is 7.90. The average Bonchev–Trinajstić information content (AvgIpc) is 3.53. The van der Waals surface area contributed by atoms with Crippen molar-refractivity contribution in [3.05, 3.63) is 108 Å². The molecular weight excluding hydrogens is 492 g/mol. The van der Waals surface area contributed by atoms with Gasteiger partial charge in [0.2, 0.25) is 0 Å². The van der Waals surface area contributed by atoms with Crippen molar-refractivity contribution in [1.29, 1.82) is 0 Å². The van der Waals surface area contributed by atoms with Crippen LogP contribution in [0.1, 0.15) is 30.0 Å². The number of aromatic nitrogens is 6. The second kappa shape index (κ2) is 9.42. The number of benzene rings is 2. The third-order valence-corrected chi connectivity index (χ3v) is 7.90. The number of hydrogen-bond donors (Lipinski definition) is 0. The van der Waals surface area contributed by atoms with Crippen LogP contribution in [0, 0.1) is 26.7 Å². The van der Waals surface area contributed by atoms with Gasteiger partial charge >= 0.3 is 0 Å². The molecule has 2 aromatic carbocycles. The first-order valence-corrected chi connectivity index (χ1v) is 13.7. The minimum atomic E-state index is 0.366. The van der Waals surface area contributed by atoms with Crippen molar-refractivity contribution in [1.82, 2.24) is 29.1 Å². The molecule has 0 N–H and O–H groups in total. The Morgan fingerprint density at radius 2 is 1.30 bits per heavy atom. The first-order valence-electron chi connectivity index (χ1n) is 13.7. The molecule has 0 aliphatic heterocycles. The van der Waals surface area contributed by atoms with E-state index in [9.17, 15) is 0 Å². The summed E-state index contributed by atoms with van der Waals surface area (Å²) in [6.07, 6.45) is 11.2. The van der Waals surface area contributed by atoms with Gasteiger partial charge in [0.15, 0.2) is 11.3 Å². The van der Waals surface area contributed by atoms with Gasteiger partial charge in [0.25, 0.3) is 0 Å². The molecule has 4 heterocycles. The van der Waals surface area contributed by atoms with E-state index in [1.165, 1.54) is 11.3 Å². The van der Waals surface area contributed by atoms with E-state index in [0.29, 0.717) is 5.92 Å². The zero-order valence-electron chi connectivity index (χ0n) is 23.1. The topological polar surface area (TPSA) is 61.4 Å². The van der Waals surface area contributed by atoms with E-state index in [4.69, 9.17) is 19.9 Å². The van der Waals surface area contributed by atoms with Crippen molar-refractivity contribution >= 4 is 28.0 Å². The van der Waals surface area contributed by atoms with Crippen LogP contribution in [-0.2, 0) is 0 Å². The molecular formula is C34H30N6. The maximum atomic E-state index is 5.11. The van der Waals surface area contributed by atoms with Crippen molar-refractivity contribution < 1.29 is 0 Å². The van der Waals surface area contributed by atoms with Gasteiger partial charge in [-0.2, -0.15) is 0 Å². The standard InChI is InChI=1S/C34H30N6/c1-21-11-5-7-15-29(21)39-31(37-27-13-9-17-35-33(27)39)25-19-24(4)26(20-23(25)3)32-38-28-14-10-18-36-34(28)40(32)30-16-8-6-12-22(30)2/h5-11,13-20,22H,12H2,1-4H3. The fourth-order valence-electron chi connectivity index (χ4n) is 5.80. The molecule has 7 rings (SSSR count). The second-order valence-corrected chi connectivity index (χ2v) is 10.7. The number of pyridine rings is 2. The molecule has 0 saturated carbocycles. The van der Waals surface area contributed by atoms with Crippen LogP contribution in [0.4, 0.5) is 0 Å². The first kappa shape index (κ1) is 24.2. The summed E-state index contributed by atoms with van der Waals surface area (Å²) in [6.45, 7) is 8.71. The van der Waals surface area contributed by atoms with Gasteiger partial charge < -0.3 is 0 Å². The molecule has 6 heteroatoms. The van der Waals surface area contributed by atoms with E-state index in [0.717, 1.165) is 68.3 Å². The number of rotatable bonds is 4. The van der Waals surface area contributed by atoms with Crippen molar-refractivity contribution in [3.63, 3.8) is 0 Å². The Balaban J connectivity index is 1.46. The Morgan fingerprint density at radius 1 is 0.700 bits per heavy atom. The van der Waals surface area contributed by atoms with Crippen LogP contribution in [0.5, 0.6) is 0 Å². The highest BCUT2D eigenvalue weighted by molar-refractivity contribution is 5.86. The highest BCUT2D eigenvalue weighted by atomic mass is 15.1. The molecule has 0 bridgehead atoms. The highest BCUT2D eigenvalue weighted by Gasteiger charge is 2.24. The number of aryl methyl sites for hydroxylation is 3. The van der Waals surface area contributed by atoms with Crippen LogP contribution < -0.4 is 0 Å². The monoisotopic (exact) mass is 522 g/mol. The number of hydrogen-bond acceptors (Lipinski definition) is 4. The minimum Gasteiger partial charge on any atom is -0.280 e. The van der Waals surface area contributed by atoms with Gasteiger partial charge in [0.1, 0.15) is 22.7 Å². The predicted octanol–water partition coefficient (Wildman–Crippen LogP) is 7.86. The summed E-state index contributed by atoms with van der Waals surface area (Å²) >= 11 is 0. The number of allylic oxidation sites excluding steroid dienone is 4. The number of imidazole rings is 2. The normalized spacial score (nSPS) is 15.2. The van der Waals surface area contributed by atoms with E-state index in [1.807, 2.05) is 36.7 Å². The summed E-state index contributed by atoms with van der Waals surface area (Å²) in [4.78, 5) is 19.7. The Kier molecular flexibility index (Phi) is 5.70. The van der Waals surface area contributed by atoms with Gasteiger partial charge in [-0.15, -0.1) is 0 Å². The Bertz CT molecular complexity index is 1990. The van der Waals surface area contributed by atoms with Gasteiger partial charge in [0, 0.05) is 35.1 Å².